The molecule has 2 amide bonds. The van der Waals surface area contributed by atoms with Crippen LogP contribution in [0.25, 0.3) is 10.8 Å². The molecule has 1 N–H and O–H groups in total. The number of carbonyl (C=O) groups is 2. The highest BCUT2D eigenvalue weighted by Crippen LogP contribution is 2.37. The van der Waals surface area contributed by atoms with Crippen molar-refractivity contribution < 1.29 is 19.1 Å². The molecule has 294 valence electrons. The standard InChI is InChI=1S/C42H55ClN8O4/c1-5-37(52)51-26-25-50(27-31(51)18-20-44)39-33-19-24-49(36-17-11-14-30-13-10-16-34(43)38(30)36)28-35(33)46-40(47-39)54-29-32-15-12-23-48(32)22-9-7-6-8-21-45-41(53)55-42(2,3)4/h5,10-11,13-14,16-17,31-32H,1,6-9,12,15,18-19,21-29H2,2-4H3,(H,45,53)/t31-,32-/m0/s1. The smallest absolute Gasteiger partial charge is 0.407 e. The van der Waals surface area contributed by atoms with Crippen LogP contribution in [0.4, 0.5) is 16.3 Å². The van der Waals surface area contributed by atoms with Crippen LogP contribution in [0.2, 0.25) is 5.02 Å². The Morgan fingerprint density at radius 1 is 1.04 bits per heavy atom. The van der Waals surface area contributed by atoms with Crippen molar-refractivity contribution in [2.24, 2.45) is 0 Å². The van der Waals surface area contributed by atoms with Crippen molar-refractivity contribution in [3.05, 3.63) is 65.3 Å². The highest BCUT2D eigenvalue weighted by molar-refractivity contribution is 6.36. The largest absolute Gasteiger partial charge is 0.462 e. The number of hydrogen-bond acceptors (Lipinski definition) is 10. The van der Waals surface area contributed by atoms with Gasteiger partial charge in [0.05, 0.1) is 35.8 Å². The molecule has 2 aromatic carbocycles. The maximum absolute atomic E-state index is 12.7. The molecule has 1 aromatic heterocycles. The number of rotatable bonds is 14. The van der Waals surface area contributed by atoms with Gasteiger partial charge >= 0.3 is 12.1 Å². The van der Waals surface area contributed by atoms with Gasteiger partial charge in [-0.05, 0) is 89.6 Å². The summed E-state index contributed by atoms with van der Waals surface area (Å²) >= 11 is 6.76. The maximum Gasteiger partial charge on any atom is 0.407 e. The van der Waals surface area contributed by atoms with E-state index in [1.165, 1.54) is 6.08 Å². The Balaban J connectivity index is 1.14. The minimum absolute atomic E-state index is 0.158. The van der Waals surface area contributed by atoms with Gasteiger partial charge in [0.1, 0.15) is 18.0 Å². The number of nitrogens with one attached hydrogen (secondary N) is 1. The number of carbonyl (C=O) groups excluding carboxylic acids is 2. The van der Waals surface area contributed by atoms with E-state index in [0.29, 0.717) is 45.3 Å². The number of piperazine rings is 1. The molecule has 0 radical (unpaired) electrons. The van der Waals surface area contributed by atoms with Gasteiger partial charge in [0.15, 0.2) is 0 Å². The monoisotopic (exact) mass is 770 g/mol. The van der Waals surface area contributed by atoms with Crippen LogP contribution in [0.15, 0.2) is 49.1 Å². The number of alkyl carbamates (subject to hydrolysis) is 1. The molecule has 2 fully saturated rings. The van der Waals surface area contributed by atoms with E-state index in [1.807, 2.05) is 32.9 Å². The van der Waals surface area contributed by atoms with E-state index in [9.17, 15) is 14.9 Å². The van der Waals surface area contributed by atoms with Gasteiger partial charge in [-0.2, -0.15) is 15.2 Å². The van der Waals surface area contributed by atoms with Gasteiger partial charge in [-0.25, -0.2) is 4.79 Å². The Labute approximate surface area is 330 Å². The third kappa shape index (κ3) is 10.2. The summed E-state index contributed by atoms with van der Waals surface area (Å²) in [6.07, 6.45) is 8.25. The Morgan fingerprint density at radius 2 is 1.84 bits per heavy atom. The highest BCUT2D eigenvalue weighted by Gasteiger charge is 2.34. The number of amides is 2. The first-order valence-electron chi connectivity index (χ1n) is 19.7. The Morgan fingerprint density at radius 3 is 2.62 bits per heavy atom. The average molecular weight is 771 g/mol. The molecule has 55 heavy (non-hydrogen) atoms. The second-order valence-electron chi connectivity index (χ2n) is 15.7. The summed E-state index contributed by atoms with van der Waals surface area (Å²) in [5.41, 5.74) is 2.58. The molecule has 0 saturated carbocycles. The zero-order chi connectivity index (χ0) is 39.0. The van der Waals surface area contributed by atoms with Crippen LogP contribution in [0.1, 0.15) is 77.0 Å². The first-order chi connectivity index (χ1) is 26.5. The predicted molar refractivity (Wildman–Crippen MR) is 217 cm³/mol. The van der Waals surface area contributed by atoms with Crippen LogP contribution in [-0.2, 0) is 22.5 Å². The minimum atomic E-state index is -0.491. The third-order valence-electron chi connectivity index (χ3n) is 10.7. The van der Waals surface area contributed by atoms with Crippen molar-refractivity contribution in [1.29, 1.82) is 5.26 Å². The summed E-state index contributed by atoms with van der Waals surface area (Å²) in [5, 5.41) is 15.3. The Hall–Kier alpha value is -4.60. The van der Waals surface area contributed by atoms with Crippen LogP contribution in [0, 0.1) is 11.3 Å². The Kier molecular flexibility index (Phi) is 13.4. The molecule has 0 unspecified atom stereocenters. The molecular weight excluding hydrogens is 716 g/mol. The topological polar surface area (TPSA) is 127 Å². The fourth-order valence-electron chi connectivity index (χ4n) is 8.04. The molecule has 3 aliphatic heterocycles. The molecule has 2 atom stereocenters. The van der Waals surface area contributed by atoms with Gasteiger partial charge in [-0.3, -0.25) is 9.69 Å². The zero-order valence-electron chi connectivity index (χ0n) is 32.6. The van der Waals surface area contributed by atoms with Crippen LogP contribution in [0.5, 0.6) is 6.01 Å². The zero-order valence-corrected chi connectivity index (χ0v) is 33.3. The van der Waals surface area contributed by atoms with E-state index in [4.69, 9.17) is 31.0 Å². The van der Waals surface area contributed by atoms with Crippen molar-refractivity contribution >= 4 is 45.9 Å². The van der Waals surface area contributed by atoms with Crippen molar-refractivity contribution in [1.82, 2.24) is 25.1 Å². The molecule has 12 nitrogen and oxygen atoms in total. The number of unbranched alkanes of at least 4 members (excludes halogenated alkanes) is 3. The summed E-state index contributed by atoms with van der Waals surface area (Å²) in [6.45, 7) is 15.3. The molecule has 3 aliphatic rings. The summed E-state index contributed by atoms with van der Waals surface area (Å²) in [7, 11) is 0. The molecule has 6 rings (SSSR count). The lowest BCUT2D eigenvalue weighted by Gasteiger charge is -2.42. The van der Waals surface area contributed by atoms with E-state index in [0.717, 1.165) is 103 Å². The summed E-state index contributed by atoms with van der Waals surface area (Å²) < 4.78 is 11.8. The Bertz CT molecular complexity index is 1870. The first kappa shape index (κ1) is 40.1. The number of fused-ring (bicyclic) bond motifs is 2. The minimum Gasteiger partial charge on any atom is -0.462 e. The van der Waals surface area contributed by atoms with Gasteiger partial charge in [0, 0.05) is 55.4 Å². The first-order valence-corrected chi connectivity index (χ1v) is 20.1. The van der Waals surface area contributed by atoms with Crippen LogP contribution < -0.4 is 19.9 Å². The van der Waals surface area contributed by atoms with Crippen molar-refractivity contribution in [3.8, 4) is 12.1 Å². The second-order valence-corrected chi connectivity index (χ2v) is 16.1. The predicted octanol–water partition coefficient (Wildman–Crippen LogP) is 6.89. The number of halogens is 1. The maximum atomic E-state index is 12.7. The number of hydrogen-bond donors (Lipinski definition) is 1. The quantitative estimate of drug-likeness (QED) is 0.137. The number of ether oxygens (including phenoxy) is 2. The van der Waals surface area contributed by atoms with Crippen molar-refractivity contribution in [2.75, 3.05) is 62.2 Å². The third-order valence-corrected chi connectivity index (χ3v) is 11.0. The number of nitriles is 1. The van der Waals surface area contributed by atoms with Crippen molar-refractivity contribution in [2.45, 2.75) is 96.4 Å². The van der Waals surface area contributed by atoms with E-state index < -0.39 is 5.60 Å². The lowest BCUT2D eigenvalue weighted by Crippen LogP contribution is -2.55. The molecule has 2 saturated heterocycles. The second kappa shape index (κ2) is 18.4. The summed E-state index contributed by atoms with van der Waals surface area (Å²) in [5.74, 6) is 0.669. The van der Waals surface area contributed by atoms with E-state index in [-0.39, 0.29) is 30.5 Å². The number of nitrogens with zero attached hydrogens (tertiary/aromatic N) is 7. The van der Waals surface area contributed by atoms with Gasteiger partial charge in [0.2, 0.25) is 5.91 Å². The van der Waals surface area contributed by atoms with Gasteiger partial charge in [-0.15, -0.1) is 0 Å². The van der Waals surface area contributed by atoms with E-state index in [1.54, 1.807) is 4.90 Å². The van der Waals surface area contributed by atoms with Crippen molar-refractivity contribution in [3.63, 3.8) is 0 Å². The van der Waals surface area contributed by atoms with E-state index >= 15 is 0 Å². The van der Waals surface area contributed by atoms with Crippen LogP contribution in [-0.4, -0.2) is 102 Å². The molecule has 0 bridgehead atoms. The molecule has 0 spiro atoms. The normalized spacial score (nSPS) is 18.9. The SMILES string of the molecule is C=CC(=O)N1CCN(c2nc(OC[C@@H]3CCCN3CCCCCCNC(=O)OC(C)(C)C)nc3c2CCN(c2cccc4cccc(Cl)c24)C3)C[C@@H]1CC#N. The van der Waals surface area contributed by atoms with Crippen LogP contribution >= 0.6 is 11.6 Å². The summed E-state index contributed by atoms with van der Waals surface area (Å²) in [4.78, 5) is 43.5. The lowest BCUT2D eigenvalue weighted by molar-refractivity contribution is -0.128. The van der Waals surface area contributed by atoms with Gasteiger partial charge in [-0.1, -0.05) is 55.3 Å². The van der Waals surface area contributed by atoms with Gasteiger partial charge in [0.25, 0.3) is 0 Å². The fourth-order valence-corrected chi connectivity index (χ4v) is 8.32. The van der Waals surface area contributed by atoms with E-state index in [2.05, 4.69) is 56.9 Å². The average Bonchev–Trinajstić information content (AvgIpc) is 3.62. The highest BCUT2D eigenvalue weighted by atomic mass is 35.5. The number of likely N-dealkylation sites (tertiary alicyclic amines) is 1. The molecule has 0 aliphatic carbocycles. The fraction of sp³-hybridized carbons (Fsp3) is 0.548. The van der Waals surface area contributed by atoms with Crippen LogP contribution in [0.3, 0.4) is 0 Å². The lowest BCUT2D eigenvalue weighted by atomic mass is 10.0. The number of aromatic nitrogens is 2. The summed E-state index contributed by atoms with van der Waals surface area (Å²) in [6, 6.07) is 14.9. The molecule has 4 heterocycles. The number of benzene rings is 2. The number of anilines is 2. The van der Waals surface area contributed by atoms with Gasteiger partial charge < -0.3 is 29.5 Å². The molecular formula is C42H55ClN8O4. The molecule has 13 heteroatoms. The molecule has 3 aromatic rings.